The van der Waals surface area contributed by atoms with Crippen molar-refractivity contribution >= 4 is 16.0 Å². The number of carbonyl (C=O) groups is 1. The number of aromatic nitrogens is 2. The molecular weight excluding hydrogens is 282 g/mol. The number of carboxylic acid groups (broad SMARTS) is 1. The molecule has 20 heavy (non-hydrogen) atoms. The lowest BCUT2D eigenvalue weighted by molar-refractivity contribution is -0.137. The average molecular weight is 299 g/mol. The number of rotatable bonds is 7. The van der Waals surface area contributed by atoms with E-state index in [1.807, 2.05) is 0 Å². The van der Waals surface area contributed by atoms with E-state index in [4.69, 9.17) is 5.11 Å². The van der Waals surface area contributed by atoms with Crippen molar-refractivity contribution in [3.8, 4) is 0 Å². The summed E-state index contributed by atoms with van der Waals surface area (Å²) in [6, 6.07) is 0.114. The first kappa shape index (κ1) is 13.6. The van der Waals surface area contributed by atoms with E-state index in [1.165, 1.54) is 12.4 Å². The average Bonchev–Trinajstić information content (AvgIpc) is 3.26. The number of nitrogens with zero attached hydrogens (tertiary/aromatic N) is 3. The molecule has 0 saturated heterocycles. The predicted molar refractivity (Wildman–Crippen MR) is 69.5 cm³/mol. The quantitative estimate of drug-likeness (QED) is 0.793. The highest BCUT2D eigenvalue weighted by Gasteiger charge is 2.41. The first-order chi connectivity index (χ1) is 9.46. The van der Waals surface area contributed by atoms with Gasteiger partial charge in [0, 0.05) is 18.8 Å². The van der Waals surface area contributed by atoms with Gasteiger partial charge in [-0.05, 0) is 31.6 Å². The van der Waals surface area contributed by atoms with Crippen molar-refractivity contribution < 1.29 is 18.3 Å². The molecule has 0 amide bonds. The lowest BCUT2D eigenvalue weighted by Crippen LogP contribution is -2.34. The molecule has 1 N–H and O–H groups in total. The molecule has 8 heteroatoms. The van der Waals surface area contributed by atoms with Crippen LogP contribution in [-0.4, -0.2) is 46.2 Å². The summed E-state index contributed by atoms with van der Waals surface area (Å²) in [5.41, 5.74) is 0. The Morgan fingerprint density at radius 3 is 2.65 bits per heavy atom. The van der Waals surface area contributed by atoms with E-state index in [9.17, 15) is 13.2 Å². The predicted octanol–water partition coefficient (Wildman–Crippen LogP) is 0.531. The summed E-state index contributed by atoms with van der Waals surface area (Å²) in [4.78, 5) is 10.7. The minimum Gasteiger partial charge on any atom is -0.480 e. The minimum absolute atomic E-state index is 0.0892. The van der Waals surface area contributed by atoms with Crippen LogP contribution in [-0.2, 0) is 21.4 Å². The molecule has 0 unspecified atom stereocenters. The molecule has 1 aromatic rings. The highest BCUT2D eigenvalue weighted by Crippen LogP contribution is 2.37. The molecule has 3 rings (SSSR count). The normalized spacial score (nSPS) is 19.4. The molecule has 110 valence electrons. The Morgan fingerprint density at radius 1 is 1.40 bits per heavy atom. The van der Waals surface area contributed by atoms with Gasteiger partial charge in [0.05, 0.1) is 6.20 Å². The molecule has 7 nitrogen and oxygen atoms in total. The Kier molecular flexibility index (Phi) is 3.29. The van der Waals surface area contributed by atoms with Crippen LogP contribution in [0.15, 0.2) is 17.3 Å². The number of carboxylic acids is 1. The molecule has 1 aromatic heterocycles. The van der Waals surface area contributed by atoms with E-state index in [0.29, 0.717) is 12.5 Å². The maximum Gasteiger partial charge on any atom is 0.325 e. The number of sulfonamides is 1. The second kappa shape index (κ2) is 4.85. The van der Waals surface area contributed by atoms with Crippen LogP contribution in [0.4, 0.5) is 0 Å². The van der Waals surface area contributed by atoms with Gasteiger partial charge in [-0.2, -0.15) is 9.40 Å². The standard InChI is InChI=1S/C12H17N3O4S/c16-12(17)8-14-7-11(5-13-14)20(18,19)15(10-3-4-10)6-9-1-2-9/h5,7,9-10H,1-4,6,8H2,(H,16,17). The summed E-state index contributed by atoms with van der Waals surface area (Å²) in [7, 11) is -3.55. The van der Waals surface area contributed by atoms with E-state index < -0.39 is 16.0 Å². The highest BCUT2D eigenvalue weighted by molar-refractivity contribution is 7.89. The van der Waals surface area contributed by atoms with Crippen LogP contribution in [0.25, 0.3) is 0 Å². The third kappa shape index (κ3) is 2.85. The lowest BCUT2D eigenvalue weighted by Gasteiger charge is -2.20. The third-order valence-corrected chi connectivity index (χ3v) is 5.47. The lowest BCUT2D eigenvalue weighted by atomic mass is 10.4. The molecule has 0 aliphatic heterocycles. The molecule has 0 atom stereocenters. The van der Waals surface area contributed by atoms with Crippen LogP contribution in [0.2, 0.25) is 0 Å². The largest absolute Gasteiger partial charge is 0.480 e. The van der Waals surface area contributed by atoms with Gasteiger partial charge in [-0.15, -0.1) is 0 Å². The topological polar surface area (TPSA) is 92.5 Å². The summed E-state index contributed by atoms with van der Waals surface area (Å²) < 4.78 is 27.9. The van der Waals surface area contributed by atoms with E-state index in [2.05, 4.69) is 5.10 Å². The van der Waals surface area contributed by atoms with Gasteiger partial charge in [0.15, 0.2) is 0 Å². The van der Waals surface area contributed by atoms with Crippen molar-refractivity contribution in [3.05, 3.63) is 12.4 Å². The Morgan fingerprint density at radius 2 is 2.10 bits per heavy atom. The van der Waals surface area contributed by atoms with Gasteiger partial charge in [0.25, 0.3) is 0 Å². The van der Waals surface area contributed by atoms with Crippen molar-refractivity contribution in [1.82, 2.24) is 14.1 Å². The summed E-state index contributed by atoms with van der Waals surface area (Å²) >= 11 is 0. The van der Waals surface area contributed by atoms with Gasteiger partial charge in [-0.3, -0.25) is 9.48 Å². The fourth-order valence-corrected chi connectivity index (χ4v) is 3.92. The first-order valence-corrected chi connectivity index (χ1v) is 8.17. The van der Waals surface area contributed by atoms with Crippen LogP contribution in [0, 0.1) is 5.92 Å². The Hall–Kier alpha value is -1.41. The van der Waals surface area contributed by atoms with Gasteiger partial charge in [0.2, 0.25) is 10.0 Å². The molecule has 0 spiro atoms. The van der Waals surface area contributed by atoms with Gasteiger partial charge in [0.1, 0.15) is 11.4 Å². The van der Waals surface area contributed by atoms with Crippen LogP contribution < -0.4 is 0 Å². The smallest absolute Gasteiger partial charge is 0.325 e. The Labute approximate surface area is 117 Å². The Bertz CT molecular complexity index is 616. The van der Waals surface area contributed by atoms with Crippen LogP contribution >= 0.6 is 0 Å². The molecule has 2 fully saturated rings. The molecule has 0 aromatic carbocycles. The van der Waals surface area contributed by atoms with E-state index in [-0.39, 0.29) is 17.5 Å². The van der Waals surface area contributed by atoms with Crippen molar-refractivity contribution in [1.29, 1.82) is 0 Å². The number of hydrogen-bond donors (Lipinski definition) is 1. The second-order valence-electron chi connectivity index (χ2n) is 5.52. The van der Waals surface area contributed by atoms with E-state index in [1.54, 1.807) is 4.31 Å². The fourth-order valence-electron chi connectivity index (χ4n) is 2.20. The van der Waals surface area contributed by atoms with Crippen molar-refractivity contribution in [3.63, 3.8) is 0 Å². The molecule has 2 aliphatic carbocycles. The van der Waals surface area contributed by atoms with Crippen LogP contribution in [0.3, 0.4) is 0 Å². The van der Waals surface area contributed by atoms with Gasteiger partial charge in [-0.25, -0.2) is 8.42 Å². The monoisotopic (exact) mass is 299 g/mol. The zero-order valence-corrected chi connectivity index (χ0v) is 11.8. The maximum atomic E-state index is 12.6. The zero-order chi connectivity index (χ0) is 14.3. The van der Waals surface area contributed by atoms with Crippen LogP contribution in [0.1, 0.15) is 25.7 Å². The van der Waals surface area contributed by atoms with Crippen molar-refractivity contribution in [2.75, 3.05) is 6.54 Å². The molecule has 0 radical (unpaired) electrons. The fraction of sp³-hybridized carbons (Fsp3) is 0.667. The summed E-state index contributed by atoms with van der Waals surface area (Å²) in [5, 5.41) is 12.5. The van der Waals surface area contributed by atoms with E-state index in [0.717, 1.165) is 30.4 Å². The molecule has 0 bridgehead atoms. The number of hydrogen-bond acceptors (Lipinski definition) is 4. The zero-order valence-electron chi connectivity index (χ0n) is 11.0. The van der Waals surface area contributed by atoms with Crippen molar-refractivity contribution in [2.24, 2.45) is 5.92 Å². The second-order valence-corrected chi connectivity index (χ2v) is 7.41. The highest BCUT2D eigenvalue weighted by atomic mass is 32.2. The SMILES string of the molecule is O=C(O)Cn1cc(S(=O)(=O)N(CC2CC2)C2CC2)cn1. The minimum atomic E-state index is -3.55. The van der Waals surface area contributed by atoms with Gasteiger partial charge < -0.3 is 5.11 Å². The first-order valence-electron chi connectivity index (χ1n) is 6.73. The van der Waals surface area contributed by atoms with Crippen molar-refractivity contribution in [2.45, 2.75) is 43.2 Å². The van der Waals surface area contributed by atoms with Gasteiger partial charge in [-0.1, -0.05) is 0 Å². The summed E-state index contributed by atoms with van der Waals surface area (Å²) in [6.07, 6.45) is 6.55. The third-order valence-electron chi connectivity index (χ3n) is 3.60. The molecule has 2 aliphatic rings. The van der Waals surface area contributed by atoms with Crippen LogP contribution in [0.5, 0.6) is 0 Å². The van der Waals surface area contributed by atoms with Gasteiger partial charge >= 0.3 is 5.97 Å². The maximum absolute atomic E-state index is 12.6. The number of aliphatic carboxylic acids is 1. The summed E-state index contributed by atoms with van der Waals surface area (Å²) in [5.74, 6) is -0.562. The van der Waals surface area contributed by atoms with E-state index >= 15 is 0 Å². The summed E-state index contributed by atoms with van der Waals surface area (Å²) in [6.45, 7) is 0.249. The Balaban J connectivity index is 1.81. The molecular formula is C12H17N3O4S. The molecule has 2 saturated carbocycles. The molecule has 1 heterocycles.